The van der Waals surface area contributed by atoms with Crippen molar-refractivity contribution in [3.63, 3.8) is 0 Å². The van der Waals surface area contributed by atoms with Gasteiger partial charge in [0.2, 0.25) is 0 Å². The van der Waals surface area contributed by atoms with E-state index in [0.29, 0.717) is 17.1 Å². The number of fused-ring (bicyclic) bond motifs is 1. The van der Waals surface area contributed by atoms with Gasteiger partial charge in [0.05, 0.1) is 32.8 Å². The zero-order chi connectivity index (χ0) is 15.0. The van der Waals surface area contributed by atoms with Crippen molar-refractivity contribution in [1.29, 1.82) is 0 Å². The predicted molar refractivity (Wildman–Crippen MR) is 81.6 cm³/mol. The molecule has 0 aliphatic heterocycles. The summed E-state index contributed by atoms with van der Waals surface area (Å²) in [6.45, 7) is 1.70. The largest absolute Gasteiger partial charge is 0.325 e. The maximum atomic E-state index is 12.5. The first-order valence-corrected chi connectivity index (χ1v) is 8.47. The first-order valence-electron chi connectivity index (χ1n) is 6.11. The third-order valence-electron chi connectivity index (χ3n) is 3.01. The Morgan fingerprint density at radius 1 is 1.43 bits per heavy atom. The summed E-state index contributed by atoms with van der Waals surface area (Å²) >= 11 is 1.45. The minimum absolute atomic E-state index is 0.0501. The Morgan fingerprint density at radius 2 is 2.24 bits per heavy atom. The lowest BCUT2D eigenvalue weighted by Gasteiger charge is -2.08. The third kappa shape index (κ3) is 2.50. The minimum atomic E-state index is -3.73. The Labute approximate surface area is 125 Å². The van der Waals surface area contributed by atoms with Crippen LogP contribution in [0, 0.1) is 6.92 Å². The predicted octanol–water partition coefficient (Wildman–Crippen LogP) is 1.59. The molecule has 0 spiro atoms. The average Bonchev–Trinajstić information content (AvgIpc) is 3.03. The lowest BCUT2D eigenvalue weighted by molar-refractivity contribution is 0.599. The molecule has 4 N–H and O–H groups in total. The highest BCUT2D eigenvalue weighted by atomic mass is 32.2. The Kier molecular flexibility index (Phi) is 3.40. The molecular formula is C12H13N5O2S2. The van der Waals surface area contributed by atoms with Crippen LogP contribution in [0.5, 0.6) is 0 Å². The highest BCUT2D eigenvalue weighted by molar-refractivity contribution is 7.92. The van der Waals surface area contributed by atoms with Gasteiger partial charge in [0.1, 0.15) is 4.90 Å². The van der Waals surface area contributed by atoms with Gasteiger partial charge in [-0.1, -0.05) is 0 Å². The van der Waals surface area contributed by atoms with Gasteiger partial charge < -0.3 is 5.73 Å². The summed E-state index contributed by atoms with van der Waals surface area (Å²) in [5.41, 5.74) is 9.35. The van der Waals surface area contributed by atoms with E-state index < -0.39 is 10.0 Å². The second kappa shape index (κ2) is 5.10. The number of thiazole rings is 1. The maximum absolute atomic E-state index is 12.5. The van der Waals surface area contributed by atoms with Crippen LogP contribution >= 0.6 is 11.3 Å². The monoisotopic (exact) mass is 323 g/mol. The van der Waals surface area contributed by atoms with Crippen molar-refractivity contribution in [2.24, 2.45) is 5.73 Å². The van der Waals surface area contributed by atoms with Crippen LogP contribution in [-0.4, -0.2) is 23.6 Å². The number of anilines is 1. The number of aromatic amines is 1. The number of H-pyrrole nitrogens is 1. The van der Waals surface area contributed by atoms with E-state index in [-0.39, 0.29) is 11.4 Å². The van der Waals surface area contributed by atoms with Gasteiger partial charge in [0.15, 0.2) is 0 Å². The summed E-state index contributed by atoms with van der Waals surface area (Å²) in [4.78, 5) is 4.26. The summed E-state index contributed by atoms with van der Waals surface area (Å²) in [5, 5.41) is 6.56. The zero-order valence-electron chi connectivity index (χ0n) is 11.1. The van der Waals surface area contributed by atoms with Gasteiger partial charge in [0, 0.05) is 6.54 Å². The fourth-order valence-electron chi connectivity index (χ4n) is 2.09. The molecule has 2 aromatic heterocycles. The number of rotatable bonds is 4. The smallest absolute Gasteiger partial charge is 0.265 e. The van der Waals surface area contributed by atoms with Crippen LogP contribution in [0.1, 0.15) is 11.4 Å². The lowest BCUT2D eigenvalue weighted by atomic mass is 10.3. The molecule has 0 radical (unpaired) electrons. The van der Waals surface area contributed by atoms with Crippen molar-refractivity contribution in [2.75, 3.05) is 4.72 Å². The standard InChI is InChI=1S/C12H13N5O2S2/c1-7-12(10(5-13)16-15-7)21(18,19)17-8-2-3-9-11(4-8)20-6-14-9/h2-4,6,17H,5,13H2,1H3,(H,15,16). The van der Waals surface area contributed by atoms with Gasteiger partial charge in [-0.25, -0.2) is 13.4 Å². The third-order valence-corrected chi connectivity index (χ3v) is 5.38. The second-order valence-electron chi connectivity index (χ2n) is 4.47. The molecule has 7 nitrogen and oxygen atoms in total. The quantitative estimate of drug-likeness (QED) is 0.674. The molecule has 0 aliphatic rings. The normalized spacial score (nSPS) is 11.9. The number of aromatic nitrogens is 3. The van der Waals surface area contributed by atoms with Crippen LogP contribution in [0.25, 0.3) is 10.2 Å². The molecule has 3 aromatic rings. The minimum Gasteiger partial charge on any atom is -0.325 e. The molecule has 0 unspecified atom stereocenters. The summed E-state index contributed by atoms with van der Waals surface area (Å²) < 4.78 is 28.5. The molecule has 0 saturated carbocycles. The highest BCUT2D eigenvalue weighted by Gasteiger charge is 2.23. The number of nitrogens with zero attached hydrogens (tertiary/aromatic N) is 2. The van der Waals surface area contributed by atoms with E-state index in [1.807, 2.05) is 0 Å². The number of benzene rings is 1. The zero-order valence-corrected chi connectivity index (χ0v) is 12.8. The topological polar surface area (TPSA) is 114 Å². The SMILES string of the molecule is Cc1[nH]nc(CN)c1S(=O)(=O)Nc1ccc2ncsc2c1. The second-order valence-corrected chi connectivity index (χ2v) is 6.97. The lowest BCUT2D eigenvalue weighted by Crippen LogP contribution is -2.16. The van der Waals surface area contributed by atoms with Crippen molar-refractivity contribution in [3.8, 4) is 0 Å². The molecule has 0 bridgehead atoms. The number of sulfonamides is 1. The molecule has 21 heavy (non-hydrogen) atoms. The van der Waals surface area contributed by atoms with E-state index in [2.05, 4.69) is 19.9 Å². The first-order chi connectivity index (χ1) is 10.0. The van der Waals surface area contributed by atoms with Crippen molar-refractivity contribution in [2.45, 2.75) is 18.4 Å². The molecular weight excluding hydrogens is 310 g/mol. The highest BCUT2D eigenvalue weighted by Crippen LogP contribution is 2.25. The van der Waals surface area contributed by atoms with Crippen LogP contribution in [0.3, 0.4) is 0 Å². The van der Waals surface area contributed by atoms with Crippen LogP contribution in [0.2, 0.25) is 0 Å². The molecule has 0 amide bonds. The van der Waals surface area contributed by atoms with Gasteiger partial charge in [-0.2, -0.15) is 5.10 Å². The Hall–Kier alpha value is -1.97. The van der Waals surface area contributed by atoms with E-state index in [4.69, 9.17) is 5.73 Å². The molecule has 3 rings (SSSR count). The Morgan fingerprint density at radius 3 is 3.00 bits per heavy atom. The Bertz CT molecular complexity index is 897. The molecule has 0 fully saturated rings. The molecule has 9 heteroatoms. The van der Waals surface area contributed by atoms with E-state index in [1.54, 1.807) is 30.6 Å². The fourth-order valence-corrected chi connectivity index (χ4v) is 4.23. The van der Waals surface area contributed by atoms with Crippen LogP contribution in [-0.2, 0) is 16.6 Å². The number of hydrogen-bond donors (Lipinski definition) is 3. The summed E-state index contributed by atoms with van der Waals surface area (Å²) in [7, 11) is -3.73. The van der Waals surface area contributed by atoms with Gasteiger partial charge in [-0.3, -0.25) is 9.82 Å². The fraction of sp³-hybridized carbons (Fsp3) is 0.167. The number of nitrogens with one attached hydrogen (secondary N) is 2. The molecule has 110 valence electrons. The summed E-state index contributed by atoms with van der Waals surface area (Å²) in [6.07, 6.45) is 0. The van der Waals surface area contributed by atoms with Crippen LogP contribution < -0.4 is 10.5 Å². The molecule has 0 aliphatic carbocycles. The first kappa shape index (κ1) is 14.0. The molecule has 0 saturated heterocycles. The van der Waals surface area contributed by atoms with Crippen molar-refractivity contribution < 1.29 is 8.42 Å². The molecule has 0 atom stereocenters. The van der Waals surface area contributed by atoms with Gasteiger partial charge >= 0.3 is 0 Å². The van der Waals surface area contributed by atoms with E-state index >= 15 is 0 Å². The molecule has 2 heterocycles. The van der Waals surface area contributed by atoms with E-state index in [1.165, 1.54) is 11.3 Å². The molecule has 1 aromatic carbocycles. The number of hydrogen-bond acceptors (Lipinski definition) is 6. The van der Waals surface area contributed by atoms with Crippen LogP contribution in [0.4, 0.5) is 5.69 Å². The Balaban J connectivity index is 2.00. The van der Waals surface area contributed by atoms with Gasteiger partial charge in [-0.15, -0.1) is 11.3 Å². The summed E-state index contributed by atoms with van der Waals surface area (Å²) in [5.74, 6) is 0. The van der Waals surface area contributed by atoms with E-state index in [9.17, 15) is 8.42 Å². The number of aryl methyl sites for hydroxylation is 1. The van der Waals surface area contributed by atoms with Crippen molar-refractivity contribution in [1.82, 2.24) is 15.2 Å². The van der Waals surface area contributed by atoms with Crippen molar-refractivity contribution >= 4 is 37.3 Å². The van der Waals surface area contributed by atoms with Crippen LogP contribution in [0.15, 0.2) is 28.6 Å². The van der Waals surface area contributed by atoms with Gasteiger partial charge in [0.25, 0.3) is 10.0 Å². The number of nitrogens with two attached hydrogens (primary N) is 1. The van der Waals surface area contributed by atoms with Crippen molar-refractivity contribution in [3.05, 3.63) is 35.1 Å². The summed E-state index contributed by atoms with van der Waals surface area (Å²) in [6, 6.07) is 5.20. The van der Waals surface area contributed by atoms with E-state index in [0.717, 1.165) is 10.2 Å². The maximum Gasteiger partial charge on any atom is 0.265 e. The average molecular weight is 323 g/mol. The van der Waals surface area contributed by atoms with Gasteiger partial charge in [-0.05, 0) is 25.1 Å².